The smallest absolute Gasteiger partial charge is 0.407 e. The van der Waals surface area contributed by atoms with E-state index in [2.05, 4.69) is 17.4 Å². The number of amides is 2. The molecule has 1 aromatic carbocycles. The minimum Gasteiger partial charge on any atom is -0.465 e. The molecule has 0 saturated carbocycles. The number of hydrogen-bond donors (Lipinski definition) is 4. The molecule has 0 bridgehead atoms. The molecule has 0 aliphatic heterocycles. The largest absolute Gasteiger partial charge is 0.465 e. The second-order valence-corrected chi connectivity index (χ2v) is 7.26. The number of nitrogens with zero attached hydrogens (tertiary/aromatic N) is 1. The molecule has 0 aromatic heterocycles. The van der Waals surface area contributed by atoms with Gasteiger partial charge in [-0.05, 0) is 30.7 Å². The second-order valence-electron chi connectivity index (χ2n) is 7.26. The van der Waals surface area contributed by atoms with Crippen LogP contribution in [0.5, 0.6) is 0 Å². The average Bonchev–Trinajstić information content (AvgIpc) is 2.64. The van der Waals surface area contributed by atoms with Crippen molar-refractivity contribution in [2.24, 2.45) is 11.7 Å². The van der Waals surface area contributed by atoms with Crippen molar-refractivity contribution in [3.05, 3.63) is 35.9 Å². The van der Waals surface area contributed by atoms with Gasteiger partial charge in [0.05, 0.1) is 18.7 Å². The van der Waals surface area contributed by atoms with E-state index in [9.17, 15) is 19.8 Å². The molecule has 0 fully saturated rings. The molecule has 5 N–H and O–H groups in total. The van der Waals surface area contributed by atoms with Crippen molar-refractivity contribution in [2.75, 3.05) is 19.6 Å². The van der Waals surface area contributed by atoms with Crippen LogP contribution in [0, 0.1) is 5.92 Å². The van der Waals surface area contributed by atoms with Gasteiger partial charge in [0.25, 0.3) is 0 Å². The Hall–Kier alpha value is -2.12. The SMILES string of the molecule is CC(C)CN(C[C@H](NC(=O)CN)[C@@H](O)CCCCc1ccccc1)C(=O)O. The maximum Gasteiger partial charge on any atom is 0.407 e. The highest BCUT2D eigenvalue weighted by Gasteiger charge is 2.26. The van der Waals surface area contributed by atoms with Crippen LogP contribution in [0.25, 0.3) is 0 Å². The predicted octanol–water partition coefficient (Wildman–Crippen LogP) is 1.84. The Morgan fingerprint density at radius 2 is 1.81 bits per heavy atom. The van der Waals surface area contributed by atoms with Crippen molar-refractivity contribution in [3.63, 3.8) is 0 Å². The summed E-state index contributed by atoms with van der Waals surface area (Å²) in [6.45, 7) is 4.02. The van der Waals surface area contributed by atoms with Crippen LogP contribution >= 0.6 is 0 Å². The topological polar surface area (TPSA) is 116 Å². The minimum absolute atomic E-state index is 0.0408. The molecule has 0 heterocycles. The van der Waals surface area contributed by atoms with Crippen molar-refractivity contribution in [2.45, 2.75) is 51.7 Å². The first-order chi connectivity index (χ1) is 12.8. The first-order valence-corrected chi connectivity index (χ1v) is 9.52. The van der Waals surface area contributed by atoms with Crippen LogP contribution < -0.4 is 11.1 Å². The molecule has 0 aliphatic rings. The van der Waals surface area contributed by atoms with E-state index < -0.39 is 24.1 Å². The van der Waals surface area contributed by atoms with Gasteiger partial charge in [0, 0.05) is 13.1 Å². The molecule has 2 atom stereocenters. The standard InChI is InChI=1S/C20H33N3O4/c1-15(2)13-23(20(26)27)14-17(22-19(25)12-21)18(24)11-7-6-10-16-8-4-3-5-9-16/h3-5,8-9,15,17-18,24H,6-7,10-14,21H2,1-2H3,(H,22,25)(H,26,27)/t17-,18-/m0/s1. The fourth-order valence-electron chi connectivity index (χ4n) is 2.97. The molecule has 0 spiro atoms. The van der Waals surface area contributed by atoms with Crippen molar-refractivity contribution in [3.8, 4) is 0 Å². The third-order valence-corrected chi connectivity index (χ3v) is 4.33. The van der Waals surface area contributed by atoms with Crippen molar-refractivity contribution >= 4 is 12.0 Å². The number of rotatable bonds is 12. The molecule has 2 amide bonds. The first kappa shape index (κ1) is 22.9. The van der Waals surface area contributed by atoms with Crippen LogP contribution in [0.2, 0.25) is 0 Å². The molecule has 27 heavy (non-hydrogen) atoms. The molecule has 0 radical (unpaired) electrons. The number of unbranched alkanes of at least 4 members (excludes halogenated alkanes) is 1. The fraction of sp³-hybridized carbons (Fsp3) is 0.600. The van der Waals surface area contributed by atoms with Gasteiger partial charge in [0.2, 0.25) is 5.91 Å². The Morgan fingerprint density at radius 3 is 2.37 bits per heavy atom. The Kier molecular flexibility index (Phi) is 10.4. The van der Waals surface area contributed by atoms with E-state index in [-0.39, 0.29) is 19.0 Å². The van der Waals surface area contributed by atoms with Gasteiger partial charge in [0.1, 0.15) is 0 Å². The van der Waals surface area contributed by atoms with Gasteiger partial charge in [-0.3, -0.25) is 4.79 Å². The van der Waals surface area contributed by atoms with Crippen LogP contribution in [0.3, 0.4) is 0 Å². The second kappa shape index (κ2) is 12.3. The van der Waals surface area contributed by atoms with Crippen LogP contribution in [0.1, 0.15) is 38.7 Å². The van der Waals surface area contributed by atoms with E-state index in [1.54, 1.807) is 0 Å². The van der Waals surface area contributed by atoms with Crippen LogP contribution in [-0.4, -0.2) is 58.9 Å². The minimum atomic E-state index is -1.06. The number of hydrogen-bond acceptors (Lipinski definition) is 4. The molecule has 0 unspecified atom stereocenters. The Balaban J connectivity index is 2.59. The monoisotopic (exact) mass is 379 g/mol. The van der Waals surface area contributed by atoms with Gasteiger partial charge in [-0.2, -0.15) is 0 Å². The molecule has 7 heteroatoms. The molecule has 152 valence electrons. The van der Waals surface area contributed by atoms with Gasteiger partial charge in [-0.1, -0.05) is 50.6 Å². The highest BCUT2D eigenvalue weighted by atomic mass is 16.4. The Labute approximate surface area is 161 Å². The average molecular weight is 380 g/mol. The van der Waals surface area contributed by atoms with Crippen LogP contribution in [0.15, 0.2) is 30.3 Å². The highest BCUT2D eigenvalue weighted by Crippen LogP contribution is 2.12. The summed E-state index contributed by atoms with van der Waals surface area (Å²) in [5.74, 6) is -0.256. The number of carbonyl (C=O) groups is 2. The maximum absolute atomic E-state index is 11.7. The van der Waals surface area contributed by atoms with Crippen LogP contribution in [-0.2, 0) is 11.2 Å². The summed E-state index contributed by atoms with van der Waals surface area (Å²) in [5, 5.41) is 22.6. The maximum atomic E-state index is 11.7. The Bertz CT molecular complexity index is 566. The number of aliphatic hydroxyl groups excluding tert-OH is 1. The zero-order valence-corrected chi connectivity index (χ0v) is 16.3. The van der Waals surface area contributed by atoms with E-state index in [0.29, 0.717) is 13.0 Å². The third-order valence-electron chi connectivity index (χ3n) is 4.33. The number of nitrogens with two attached hydrogens (primary N) is 1. The predicted molar refractivity (Wildman–Crippen MR) is 105 cm³/mol. The van der Waals surface area contributed by atoms with E-state index in [0.717, 1.165) is 19.3 Å². The highest BCUT2D eigenvalue weighted by molar-refractivity contribution is 5.78. The van der Waals surface area contributed by atoms with Crippen LogP contribution in [0.4, 0.5) is 4.79 Å². The van der Waals surface area contributed by atoms with E-state index in [1.807, 2.05) is 32.0 Å². The third kappa shape index (κ3) is 9.40. The van der Waals surface area contributed by atoms with E-state index >= 15 is 0 Å². The van der Waals surface area contributed by atoms with E-state index in [1.165, 1.54) is 10.5 Å². The van der Waals surface area contributed by atoms with Gasteiger partial charge in [-0.15, -0.1) is 0 Å². The lowest BCUT2D eigenvalue weighted by Crippen LogP contribution is -2.53. The summed E-state index contributed by atoms with van der Waals surface area (Å²) in [6, 6.07) is 9.43. The number of carboxylic acid groups (broad SMARTS) is 1. The number of aliphatic hydroxyl groups is 1. The molecular formula is C20H33N3O4. The summed E-state index contributed by atoms with van der Waals surface area (Å²) in [6.07, 6.45) is 1.20. The summed E-state index contributed by atoms with van der Waals surface area (Å²) >= 11 is 0. The van der Waals surface area contributed by atoms with Crippen molar-refractivity contribution < 1.29 is 19.8 Å². The fourth-order valence-corrected chi connectivity index (χ4v) is 2.97. The summed E-state index contributed by atoms with van der Waals surface area (Å²) in [4.78, 5) is 24.4. The lowest BCUT2D eigenvalue weighted by Gasteiger charge is -2.30. The number of aryl methyl sites for hydroxylation is 1. The van der Waals surface area contributed by atoms with Crippen molar-refractivity contribution in [1.82, 2.24) is 10.2 Å². The van der Waals surface area contributed by atoms with Gasteiger partial charge in [0.15, 0.2) is 0 Å². The number of nitrogens with one attached hydrogen (secondary N) is 1. The summed E-state index contributed by atoms with van der Waals surface area (Å²) in [7, 11) is 0. The van der Waals surface area contributed by atoms with Gasteiger partial charge >= 0.3 is 6.09 Å². The lowest BCUT2D eigenvalue weighted by molar-refractivity contribution is -0.121. The molecule has 1 aromatic rings. The molecule has 7 nitrogen and oxygen atoms in total. The quantitative estimate of drug-likeness (QED) is 0.414. The number of carbonyl (C=O) groups excluding carboxylic acids is 1. The summed E-state index contributed by atoms with van der Waals surface area (Å²) < 4.78 is 0. The molecule has 1 rings (SSSR count). The van der Waals surface area contributed by atoms with Crippen molar-refractivity contribution in [1.29, 1.82) is 0 Å². The first-order valence-electron chi connectivity index (χ1n) is 9.52. The van der Waals surface area contributed by atoms with E-state index in [4.69, 9.17) is 5.73 Å². The molecule has 0 aliphatic carbocycles. The van der Waals surface area contributed by atoms with Gasteiger partial charge < -0.3 is 26.2 Å². The number of benzene rings is 1. The molecular weight excluding hydrogens is 346 g/mol. The molecule has 0 saturated heterocycles. The summed E-state index contributed by atoms with van der Waals surface area (Å²) in [5.41, 5.74) is 6.60. The zero-order chi connectivity index (χ0) is 20.2. The normalized spacial score (nSPS) is 13.2. The lowest BCUT2D eigenvalue weighted by atomic mass is 10.0. The van der Waals surface area contributed by atoms with Gasteiger partial charge in [-0.25, -0.2) is 4.79 Å². The zero-order valence-electron chi connectivity index (χ0n) is 16.3. The Morgan fingerprint density at radius 1 is 1.15 bits per heavy atom.